The summed E-state index contributed by atoms with van der Waals surface area (Å²) in [6.45, 7) is 5.51. The number of likely N-dealkylation sites (tertiary alicyclic amines) is 1. The zero-order valence-electron chi connectivity index (χ0n) is 24.0. The monoisotopic (exact) mass is 550 g/mol. The molecule has 0 atom stereocenters. The van der Waals surface area contributed by atoms with E-state index in [1.165, 1.54) is 24.8 Å². The molecule has 3 fully saturated rings. The Kier molecular flexibility index (Phi) is 6.63. The number of aryl methyl sites for hydroxylation is 1. The van der Waals surface area contributed by atoms with Gasteiger partial charge in [0.05, 0.1) is 23.0 Å². The molecule has 2 heterocycles. The number of anilines is 1. The first-order valence-corrected chi connectivity index (χ1v) is 14.9. The third kappa shape index (κ3) is 4.77. The summed E-state index contributed by atoms with van der Waals surface area (Å²) < 4.78 is 0. The van der Waals surface area contributed by atoms with E-state index >= 15 is 0 Å². The standard InChI is InChI=1S/C37H34N4O/c1-26-19-33(28-13-8-14-28)34(39-35(29-9-4-2-5-10-29)30-11-6-3-7-12-30)20-32(26)36(42)41-24-37(25-41)22-40(23-37)31-17-15-27(21-38)16-18-31/h2-7,9-12,15-20,28H,8,13-14,22-25H2,1H3. The van der Waals surface area contributed by atoms with Gasteiger partial charge >= 0.3 is 0 Å². The van der Waals surface area contributed by atoms with E-state index in [0.717, 1.165) is 65.5 Å². The lowest BCUT2D eigenvalue weighted by Gasteiger charge is -2.61. The van der Waals surface area contributed by atoms with Crippen molar-refractivity contribution in [3.63, 3.8) is 0 Å². The summed E-state index contributed by atoms with van der Waals surface area (Å²) in [4.78, 5) is 23.5. The van der Waals surface area contributed by atoms with Crippen molar-refractivity contribution in [2.75, 3.05) is 31.1 Å². The number of hydrogen-bond acceptors (Lipinski definition) is 4. The Bertz CT molecular complexity index is 1640. The van der Waals surface area contributed by atoms with E-state index in [-0.39, 0.29) is 11.3 Å². The van der Waals surface area contributed by atoms with Crippen LogP contribution in [0.1, 0.15) is 63.4 Å². The zero-order valence-corrected chi connectivity index (χ0v) is 24.0. The van der Waals surface area contributed by atoms with Crippen LogP contribution in [0.4, 0.5) is 11.4 Å². The maximum Gasteiger partial charge on any atom is 0.254 e. The largest absolute Gasteiger partial charge is 0.370 e. The lowest BCUT2D eigenvalue weighted by atomic mass is 9.72. The van der Waals surface area contributed by atoms with E-state index in [1.54, 1.807) is 0 Å². The first kappa shape index (κ1) is 26.2. The highest BCUT2D eigenvalue weighted by Gasteiger charge is 2.53. The second kappa shape index (κ2) is 10.6. The van der Waals surface area contributed by atoms with E-state index in [0.29, 0.717) is 11.5 Å². The molecule has 208 valence electrons. The van der Waals surface area contributed by atoms with Gasteiger partial charge in [-0.2, -0.15) is 5.26 Å². The highest BCUT2D eigenvalue weighted by molar-refractivity contribution is 6.14. The van der Waals surface area contributed by atoms with E-state index in [4.69, 9.17) is 10.3 Å². The number of carbonyl (C=O) groups excluding carboxylic acids is 1. The number of aliphatic imine (C=N–C) groups is 1. The predicted molar refractivity (Wildman–Crippen MR) is 168 cm³/mol. The highest BCUT2D eigenvalue weighted by atomic mass is 16.2. The van der Waals surface area contributed by atoms with E-state index in [9.17, 15) is 4.79 Å². The minimum atomic E-state index is 0.104. The van der Waals surface area contributed by atoms with Gasteiger partial charge in [-0.05, 0) is 67.1 Å². The number of hydrogen-bond donors (Lipinski definition) is 0. The van der Waals surface area contributed by atoms with E-state index in [2.05, 4.69) is 54.3 Å². The topological polar surface area (TPSA) is 59.7 Å². The molecule has 0 N–H and O–H groups in total. The van der Waals surface area contributed by atoms with Gasteiger partial charge in [-0.1, -0.05) is 73.2 Å². The quantitative estimate of drug-likeness (QED) is 0.237. The summed E-state index contributed by atoms with van der Waals surface area (Å²) in [5, 5.41) is 9.08. The van der Waals surface area contributed by atoms with Gasteiger partial charge in [-0.3, -0.25) is 4.79 Å². The van der Waals surface area contributed by atoms with Crippen LogP contribution in [0.25, 0.3) is 0 Å². The molecule has 4 aromatic carbocycles. The SMILES string of the molecule is Cc1cc(C2CCC2)c(N=C(c2ccccc2)c2ccccc2)cc1C(=O)N1CC2(C1)CN(c1ccc(C#N)cc1)C2. The molecule has 5 heteroatoms. The fourth-order valence-corrected chi connectivity index (χ4v) is 6.67. The van der Waals surface area contributed by atoms with Crippen molar-refractivity contribution in [1.29, 1.82) is 5.26 Å². The second-order valence-corrected chi connectivity index (χ2v) is 12.2. The third-order valence-electron chi connectivity index (χ3n) is 9.23. The van der Waals surface area contributed by atoms with Crippen molar-refractivity contribution in [1.82, 2.24) is 4.90 Å². The van der Waals surface area contributed by atoms with Crippen LogP contribution in [0, 0.1) is 23.7 Å². The summed E-state index contributed by atoms with van der Waals surface area (Å²) in [5.74, 6) is 0.599. The Labute approximate surface area is 247 Å². The molecule has 5 nitrogen and oxygen atoms in total. The summed E-state index contributed by atoms with van der Waals surface area (Å²) in [5.41, 5.74) is 9.03. The van der Waals surface area contributed by atoms with Crippen LogP contribution in [0.15, 0.2) is 102 Å². The number of nitriles is 1. The minimum Gasteiger partial charge on any atom is -0.370 e. The van der Waals surface area contributed by atoms with Crippen molar-refractivity contribution in [3.8, 4) is 6.07 Å². The molecular weight excluding hydrogens is 516 g/mol. The van der Waals surface area contributed by atoms with Crippen molar-refractivity contribution in [2.45, 2.75) is 32.1 Å². The highest BCUT2D eigenvalue weighted by Crippen LogP contribution is 2.45. The smallest absolute Gasteiger partial charge is 0.254 e. The number of amides is 1. The first-order valence-electron chi connectivity index (χ1n) is 14.9. The lowest BCUT2D eigenvalue weighted by Crippen LogP contribution is -2.73. The van der Waals surface area contributed by atoms with Gasteiger partial charge in [0.15, 0.2) is 0 Å². The Balaban J connectivity index is 1.16. The molecule has 1 saturated carbocycles. The average Bonchev–Trinajstić information content (AvgIpc) is 2.95. The summed E-state index contributed by atoms with van der Waals surface area (Å²) >= 11 is 0. The summed E-state index contributed by atoms with van der Waals surface area (Å²) in [6, 6.07) is 34.9. The molecule has 7 rings (SSSR count). The summed E-state index contributed by atoms with van der Waals surface area (Å²) in [6.07, 6.45) is 3.59. The van der Waals surface area contributed by atoms with Crippen molar-refractivity contribution in [2.24, 2.45) is 10.4 Å². The predicted octanol–water partition coefficient (Wildman–Crippen LogP) is 7.27. The van der Waals surface area contributed by atoms with Crippen LogP contribution in [0.3, 0.4) is 0 Å². The third-order valence-corrected chi connectivity index (χ3v) is 9.23. The molecule has 4 aromatic rings. The average molecular weight is 551 g/mol. The molecule has 2 saturated heterocycles. The van der Waals surface area contributed by atoms with Crippen LogP contribution in [0.2, 0.25) is 0 Å². The second-order valence-electron chi connectivity index (χ2n) is 12.2. The number of carbonyl (C=O) groups is 1. The number of benzene rings is 4. The van der Waals surface area contributed by atoms with Crippen molar-refractivity contribution in [3.05, 3.63) is 130 Å². The van der Waals surface area contributed by atoms with E-state index in [1.807, 2.05) is 65.6 Å². The molecular formula is C37H34N4O. The Morgan fingerprint density at radius 2 is 1.48 bits per heavy atom. The van der Waals surface area contributed by atoms with Crippen molar-refractivity contribution < 1.29 is 4.79 Å². The lowest BCUT2D eigenvalue weighted by molar-refractivity contribution is -0.0105. The first-order chi connectivity index (χ1) is 20.5. The van der Waals surface area contributed by atoms with E-state index < -0.39 is 0 Å². The molecule has 0 unspecified atom stereocenters. The summed E-state index contributed by atoms with van der Waals surface area (Å²) in [7, 11) is 0. The Morgan fingerprint density at radius 3 is 2.02 bits per heavy atom. The molecule has 0 radical (unpaired) electrons. The fraction of sp³-hybridized carbons (Fsp3) is 0.270. The molecule has 42 heavy (non-hydrogen) atoms. The van der Waals surface area contributed by atoms with Gasteiger partial charge in [0, 0.05) is 54.0 Å². The fourth-order valence-electron chi connectivity index (χ4n) is 6.67. The molecule has 1 spiro atoms. The van der Waals surface area contributed by atoms with Gasteiger partial charge in [0.25, 0.3) is 5.91 Å². The van der Waals surface area contributed by atoms with Crippen LogP contribution in [-0.4, -0.2) is 42.7 Å². The van der Waals surface area contributed by atoms with Crippen LogP contribution < -0.4 is 4.90 Å². The van der Waals surface area contributed by atoms with Crippen LogP contribution in [-0.2, 0) is 0 Å². The molecule has 0 aromatic heterocycles. The molecule has 1 aliphatic carbocycles. The van der Waals surface area contributed by atoms with Gasteiger partial charge in [-0.25, -0.2) is 4.99 Å². The van der Waals surface area contributed by atoms with Crippen molar-refractivity contribution >= 4 is 23.0 Å². The van der Waals surface area contributed by atoms with Crippen LogP contribution in [0.5, 0.6) is 0 Å². The number of nitrogens with zero attached hydrogens (tertiary/aromatic N) is 4. The van der Waals surface area contributed by atoms with Crippen LogP contribution >= 0.6 is 0 Å². The molecule has 0 bridgehead atoms. The molecule has 3 aliphatic rings. The maximum absolute atomic E-state index is 13.9. The molecule has 2 aliphatic heterocycles. The van der Waals surface area contributed by atoms with Gasteiger partial charge in [0.2, 0.25) is 0 Å². The maximum atomic E-state index is 13.9. The minimum absolute atomic E-state index is 0.104. The Hall–Kier alpha value is -4.69. The number of rotatable bonds is 6. The normalized spacial score (nSPS) is 17.0. The Morgan fingerprint density at radius 1 is 0.857 bits per heavy atom. The van der Waals surface area contributed by atoms with Gasteiger partial charge < -0.3 is 9.80 Å². The zero-order chi connectivity index (χ0) is 28.7. The van der Waals surface area contributed by atoms with Gasteiger partial charge in [0.1, 0.15) is 0 Å². The molecule has 1 amide bonds. The van der Waals surface area contributed by atoms with Gasteiger partial charge in [-0.15, -0.1) is 0 Å².